The number of amides is 2. The maximum Gasteiger partial charge on any atom is 0.322 e. The number of hydrogen-bond donors (Lipinski definition) is 1. The summed E-state index contributed by atoms with van der Waals surface area (Å²) in [5.41, 5.74) is 2.49. The Bertz CT molecular complexity index is 665. The molecular formula is C15H21ClN2O3S. The van der Waals surface area contributed by atoms with Gasteiger partial charge in [0.2, 0.25) is 0 Å². The first kappa shape index (κ1) is 17.1. The molecule has 0 aromatic heterocycles. The molecule has 0 saturated carbocycles. The van der Waals surface area contributed by atoms with Crippen LogP contribution in [-0.2, 0) is 9.84 Å². The van der Waals surface area contributed by atoms with Crippen molar-refractivity contribution in [2.45, 2.75) is 33.2 Å². The smallest absolute Gasteiger partial charge is 0.321 e. The second-order valence-electron chi connectivity index (χ2n) is 5.71. The van der Waals surface area contributed by atoms with Crippen LogP contribution in [0.25, 0.3) is 0 Å². The Morgan fingerprint density at radius 1 is 1.41 bits per heavy atom. The molecule has 22 heavy (non-hydrogen) atoms. The largest absolute Gasteiger partial charge is 0.322 e. The molecule has 1 aromatic rings. The number of benzene rings is 1. The molecule has 1 atom stereocenters. The zero-order valence-corrected chi connectivity index (χ0v) is 14.6. The fraction of sp³-hybridized carbons (Fsp3) is 0.533. The zero-order valence-electron chi connectivity index (χ0n) is 13.0. The molecule has 1 aliphatic rings. The fourth-order valence-electron chi connectivity index (χ4n) is 2.84. The third kappa shape index (κ3) is 3.73. The highest BCUT2D eigenvalue weighted by atomic mass is 35.5. The molecular weight excluding hydrogens is 324 g/mol. The Hall–Kier alpha value is -1.27. The normalized spacial score (nSPS) is 19.9. The van der Waals surface area contributed by atoms with E-state index in [0.29, 0.717) is 23.7 Å². The topological polar surface area (TPSA) is 66.5 Å². The molecule has 0 spiro atoms. The van der Waals surface area contributed by atoms with Crippen molar-refractivity contribution in [3.63, 3.8) is 0 Å². The summed E-state index contributed by atoms with van der Waals surface area (Å²) < 4.78 is 23.2. The van der Waals surface area contributed by atoms with Gasteiger partial charge in [-0.2, -0.15) is 0 Å². The molecule has 5 nitrogen and oxygen atoms in total. The highest BCUT2D eigenvalue weighted by molar-refractivity contribution is 7.91. The standard InChI is InChI=1S/C15H21ClN2O3S/c1-4-18(12-5-6-22(20,21)9-12)15(19)17-14-11(3)7-10(2)8-13(14)16/h7-8,12H,4-6,9H2,1-3H3,(H,17,19). The predicted molar refractivity (Wildman–Crippen MR) is 89.4 cm³/mol. The van der Waals surface area contributed by atoms with Crippen molar-refractivity contribution in [3.8, 4) is 0 Å². The summed E-state index contributed by atoms with van der Waals surface area (Å²) in [7, 11) is -3.03. The summed E-state index contributed by atoms with van der Waals surface area (Å²) in [6, 6.07) is 3.16. The van der Waals surface area contributed by atoms with Crippen LogP contribution in [-0.4, -0.2) is 43.4 Å². The Morgan fingerprint density at radius 3 is 2.59 bits per heavy atom. The van der Waals surface area contributed by atoms with Gasteiger partial charge in [-0.3, -0.25) is 0 Å². The minimum atomic E-state index is -3.03. The fourth-order valence-corrected chi connectivity index (χ4v) is 4.94. The van der Waals surface area contributed by atoms with Crippen molar-refractivity contribution < 1.29 is 13.2 Å². The molecule has 122 valence electrons. The molecule has 1 N–H and O–H groups in total. The molecule has 7 heteroatoms. The van der Waals surface area contributed by atoms with Gasteiger partial charge in [0, 0.05) is 12.6 Å². The van der Waals surface area contributed by atoms with Gasteiger partial charge in [-0.05, 0) is 44.4 Å². The lowest BCUT2D eigenvalue weighted by molar-refractivity contribution is 0.197. The van der Waals surface area contributed by atoms with Crippen LogP contribution in [0, 0.1) is 13.8 Å². The summed E-state index contributed by atoms with van der Waals surface area (Å²) in [5, 5.41) is 3.31. The summed E-state index contributed by atoms with van der Waals surface area (Å²) in [6.45, 7) is 6.11. The molecule has 1 aromatic carbocycles. The van der Waals surface area contributed by atoms with Crippen LogP contribution in [0.4, 0.5) is 10.5 Å². The lowest BCUT2D eigenvalue weighted by Gasteiger charge is -2.27. The minimum Gasteiger partial charge on any atom is -0.321 e. The highest BCUT2D eigenvalue weighted by Gasteiger charge is 2.34. The molecule has 1 saturated heterocycles. The Labute approximate surface area is 136 Å². The number of carbonyl (C=O) groups excluding carboxylic acids is 1. The number of halogens is 1. The number of urea groups is 1. The number of nitrogens with one attached hydrogen (secondary N) is 1. The van der Waals surface area contributed by atoms with Crippen LogP contribution in [0.3, 0.4) is 0 Å². The molecule has 1 heterocycles. The van der Waals surface area contributed by atoms with Crippen molar-refractivity contribution in [2.24, 2.45) is 0 Å². The van der Waals surface area contributed by atoms with E-state index in [9.17, 15) is 13.2 Å². The summed E-state index contributed by atoms with van der Waals surface area (Å²) in [6.07, 6.45) is 0.490. The average Bonchev–Trinajstić information content (AvgIpc) is 2.75. The molecule has 2 amide bonds. The first-order valence-corrected chi connectivity index (χ1v) is 9.48. The first-order valence-electron chi connectivity index (χ1n) is 7.28. The van der Waals surface area contributed by atoms with E-state index in [1.54, 1.807) is 11.0 Å². The van der Waals surface area contributed by atoms with Crippen LogP contribution in [0.2, 0.25) is 5.02 Å². The van der Waals surface area contributed by atoms with Gasteiger partial charge in [-0.15, -0.1) is 0 Å². The van der Waals surface area contributed by atoms with Gasteiger partial charge in [0.05, 0.1) is 22.2 Å². The molecule has 0 aliphatic carbocycles. The number of carbonyl (C=O) groups is 1. The summed E-state index contributed by atoms with van der Waals surface area (Å²) >= 11 is 6.20. The highest BCUT2D eigenvalue weighted by Crippen LogP contribution is 2.28. The van der Waals surface area contributed by atoms with Crippen molar-refractivity contribution in [2.75, 3.05) is 23.4 Å². The summed E-state index contributed by atoms with van der Waals surface area (Å²) in [5.74, 6) is 0.181. The average molecular weight is 345 g/mol. The van der Waals surface area contributed by atoms with E-state index in [1.807, 2.05) is 26.8 Å². The quantitative estimate of drug-likeness (QED) is 0.916. The van der Waals surface area contributed by atoms with Crippen LogP contribution >= 0.6 is 11.6 Å². The van der Waals surface area contributed by atoms with Crippen molar-refractivity contribution in [3.05, 3.63) is 28.3 Å². The second kappa shape index (κ2) is 6.46. The van der Waals surface area contributed by atoms with Gasteiger partial charge in [0.25, 0.3) is 0 Å². The Kier molecular flexibility index (Phi) is 5.02. The van der Waals surface area contributed by atoms with Crippen molar-refractivity contribution in [1.29, 1.82) is 0 Å². The molecule has 1 aliphatic heterocycles. The van der Waals surface area contributed by atoms with Crippen molar-refractivity contribution in [1.82, 2.24) is 4.90 Å². The van der Waals surface area contributed by atoms with E-state index in [4.69, 9.17) is 11.6 Å². The van der Waals surface area contributed by atoms with Gasteiger partial charge in [-0.25, -0.2) is 13.2 Å². The van der Waals surface area contributed by atoms with Crippen LogP contribution in [0.5, 0.6) is 0 Å². The van der Waals surface area contributed by atoms with Gasteiger partial charge < -0.3 is 10.2 Å². The lowest BCUT2D eigenvalue weighted by Crippen LogP contribution is -2.43. The molecule has 1 unspecified atom stereocenters. The maximum absolute atomic E-state index is 12.5. The van der Waals surface area contributed by atoms with E-state index >= 15 is 0 Å². The third-order valence-electron chi connectivity index (χ3n) is 3.91. The first-order chi connectivity index (χ1) is 10.2. The van der Waals surface area contributed by atoms with Gasteiger partial charge in [0.15, 0.2) is 9.84 Å². The zero-order chi connectivity index (χ0) is 16.5. The number of hydrogen-bond acceptors (Lipinski definition) is 3. The summed E-state index contributed by atoms with van der Waals surface area (Å²) in [4.78, 5) is 14.1. The molecule has 0 radical (unpaired) electrons. The van der Waals surface area contributed by atoms with E-state index in [0.717, 1.165) is 11.1 Å². The van der Waals surface area contributed by atoms with E-state index in [-0.39, 0.29) is 23.6 Å². The lowest BCUT2D eigenvalue weighted by atomic mass is 10.1. The SMILES string of the molecule is CCN(C(=O)Nc1c(C)cc(C)cc1Cl)C1CCS(=O)(=O)C1. The molecule has 1 fully saturated rings. The number of aryl methyl sites for hydroxylation is 2. The van der Waals surface area contributed by atoms with Crippen LogP contribution in [0.15, 0.2) is 12.1 Å². The Balaban J connectivity index is 2.17. The number of sulfone groups is 1. The van der Waals surface area contributed by atoms with Crippen LogP contribution in [0.1, 0.15) is 24.5 Å². The van der Waals surface area contributed by atoms with E-state index < -0.39 is 9.84 Å². The van der Waals surface area contributed by atoms with Gasteiger partial charge in [-0.1, -0.05) is 17.7 Å². The number of rotatable bonds is 3. The Morgan fingerprint density at radius 2 is 2.09 bits per heavy atom. The predicted octanol–water partition coefficient (Wildman–Crippen LogP) is 3.00. The van der Waals surface area contributed by atoms with E-state index in [1.165, 1.54) is 0 Å². The number of nitrogens with zero attached hydrogens (tertiary/aromatic N) is 1. The van der Waals surface area contributed by atoms with Gasteiger partial charge in [0.1, 0.15) is 0 Å². The maximum atomic E-state index is 12.5. The number of anilines is 1. The van der Waals surface area contributed by atoms with Crippen LogP contribution < -0.4 is 5.32 Å². The second-order valence-corrected chi connectivity index (χ2v) is 8.35. The third-order valence-corrected chi connectivity index (χ3v) is 5.96. The van der Waals surface area contributed by atoms with E-state index in [2.05, 4.69) is 5.32 Å². The van der Waals surface area contributed by atoms with Gasteiger partial charge >= 0.3 is 6.03 Å². The van der Waals surface area contributed by atoms with Crippen molar-refractivity contribution >= 4 is 33.2 Å². The molecule has 0 bridgehead atoms. The molecule has 2 rings (SSSR count). The monoisotopic (exact) mass is 344 g/mol. The minimum absolute atomic E-state index is 0.0366.